The average Bonchev–Trinajstić information content (AvgIpc) is 3.42. The summed E-state index contributed by atoms with van der Waals surface area (Å²) in [5.74, 6) is 3.20. The van der Waals surface area contributed by atoms with Crippen LogP contribution in [-0.2, 0) is 9.84 Å². The van der Waals surface area contributed by atoms with E-state index in [0.717, 1.165) is 26.1 Å². The van der Waals surface area contributed by atoms with E-state index in [-0.39, 0.29) is 32.9 Å². The van der Waals surface area contributed by atoms with Gasteiger partial charge in [-0.2, -0.15) is 0 Å². The minimum Gasteiger partial charge on any atom is -0.478 e. The molecule has 9 nitrogen and oxygen atoms in total. The van der Waals surface area contributed by atoms with Gasteiger partial charge in [-0.15, -0.1) is 0 Å². The van der Waals surface area contributed by atoms with Crippen LogP contribution in [0, 0.1) is 45.8 Å². The fraction of sp³-hybridized carbons (Fsp3) is 0.821. The van der Waals surface area contributed by atoms with Gasteiger partial charge in [0.2, 0.25) is 5.95 Å². The van der Waals surface area contributed by atoms with Crippen LogP contribution in [0.2, 0.25) is 0 Å². The van der Waals surface area contributed by atoms with Crippen molar-refractivity contribution < 1.29 is 18.3 Å². The first-order valence-electron chi connectivity index (χ1n) is 19.1. The number of carboxylic acid groups (broad SMARTS) is 1. The van der Waals surface area contributed by atoms with Crippen molar-refractivity contribution in [3.05, 3.63) is 30.1 Å². The van der Waals surface area contributed by atoms with E-state index in [1.54, 1.807) is 0 Å². The standard InChI is InChI=1S/C39H61N5O4S/c1-26(2)28-10-13-39(42-17-19-43-20-22-49(47,48)23-21-43)15-14-37(6)29(32(28)39)8-9-31-36(5)16-18-44(34-40-24-27(25-41-34)33(45)46)35(3,4)30(36)11-12-38(31,37)7/h24-25,28-32,42H,1,8-23H2,2-7H3,(H,45,46)/t28-,29+,30-,31+,32+,36-,37+,38+,39-/m0/s1. The number of carboxylic acids is 1. The van der Waals surface area contributed by atoms with E-state index >= 15 is 0 Å². The van der Waals surface area contributed by atoms with Gasteiger partial charge in [0.15, 0.2) is 9.84 Å². The molecular weight excluding hydrogens is 635 g/mol. The highest BCUT2D eigenvalue weighted by atomic mass is 32.2. The molecule has 0 bridgehead atoms. The number of hydrogen-bond acceptors (Lipinski definition) is 8. The second-order valence-electron chi connectivity index (χ2n) is 18.4. The first-order valence-corrected chi connectivity index (χ1v) is 21.0. The monoisotopic (exact) mass is 695 g/mol. The Kier molecular flexibility index (Phi) is 8.67. The molecule has 7 rings (SSSR count). The minimum absolute atomic E-state index is 0.129. The molecule has 1 aromatic heterocycles. The van der Waals surface area contributed by atoms with Crippen LogP contribution < -0.4 is 10.2 Å². The lowest BCUT2D eigenvalue weighted by atomic mass is 9.33. The maximum atomic E-state index is 12.0. The van der Waals surface area contributed by atoms with Crippen molar-refractivity contribution in [1.82, 2.24) is 20.2 Å². The second-order valence-corrected chi connectivity index (χ2v) is 20.7. The van der Waals surface area contributed by atoms with Crippen molar-refractivity contribution in [2.75, 3.05) is 49.1 Å². The first-order chi connectivity index (χ1) is 23.0. The number of sulfone groups is 1. The van der Waals surface area contributed by atoms with Crippen LogP contribution in [-0.4, -0.2) is 89.7 Å². The van der Waals surface area contributed by atoms with Gasteiger partial charge in [-0.1, -0.05) is 32.9 Å². The molecule has 49 heavy (non-hydrogen) atoms. The van der Waals surface area contributed by atoms with Crippen molar-refractivity contribution in [3.63, 3.8) is 0 Å². The topological polar surface area (TPSA) is 116 Å². The molecule has 0 amide bonds. The number of nitrogens with zero attached hydrogens (tertiary/aromatic N) is 4. The van der Waals surface area contributed by atoms with Crippen LogP contribution in [0.3, 0.4) is 0 Å². The summed E-state index contributed by atoms with van der Waals surface area (Å²) in [5, 5.41) is 13.6. The molecule has 2 aliphatic heterocycles. The molecule has 2 N–H and O–H groups in total. The molecule has 0 unspecified atom stereocenters. The molecule has 6 fully saturated rings. The number of nitrogens with one attached hydrogen (secondary N) is 1. The molecule has 272 valence electrons. The van der Waals surface area contributed by atoms with E-state index in [4.69, 9.17) is 0 Å². The highest BCUT2D eigenvalue weighted by molar-refractivity contribution is 7.91. The predicted molar refractivity (Wildman–Crippen MR) is 194 cm³/mol. The van der Waals surface area contributed by atoms with Crippen LogP contribution in [0.25, 0.3) is 0 Å². The third-order valence-corrected chi connectivity index (χ3v) is 17.8. The van der Waals surface area contributed by atoms with Gasteiger partial charge in [-0.3, -0.25) is 0 Å². The lowest BCUT2D eigenvalue weighted by Crippen LogP contribution is -2.71. The number of piperidine rings is 1. The van der Waals surface area contributed by atoms with Gasteiger partial charge < -0.3 is 20.2 Å². The Balaban J connectivity index is 1.12. The SMILES string of the molecule is C=C(C)[C@@H]1CC[C@]2(NCCN3CCS(=O)(=O)CC3)CC[C@]3(C)[C@H](CC[C@@H]4[C@@]5(C)CCN(c6ncc(C(=O)O)cn6)C(C)(C)[C@@H]5CC[C@]43C)[C@@H]12. The summed E-state index contributed by atoms with van der Waals surface area (Å²) in [6.45, 7) is 23.6. The Hall–Kier alpha value is -2.04. The predicted octanol–water partition coefficient (Wildman–Crippen LogP) is 6.07. The quantitative estimate of drug-likeness (QED) is 0.328. The number of hydrogen-bond donors (Lipinski definition) is 2. The lowest BCUT2D eigenvalue weighted by molar-refractivity contribution is -0.222. The Bertz CT molecular complexity index is 1570. The molecule has 1 aromatic rings. The molecule has 6 aliphatic rings. The summed E-state index contributed by atoms with van der Waals surface area (Å²) < 4.78 is 24.0. The molecule has 4 saturated carbocycles. The summed E-state index contributed by atoms with van der Waals surface area (Å²) in [5.41, 5.74) is 2.21. The molecule has 0 aromatic carbocycles. The zero-order valence-electron chi connectivity index (χ0n) is 30.9. The summed E-state index contributed by atoms with van der Waals surface area (Å²) in [4.78, 5) is 25.3. The number of rotatable bonds is 7. The molecule has 3 heterocycles. The number of fused-ring (bicyclic) bond motifs is 7. The maximum Gasteiger partial charge on any atom is 0.338 e. The zero-order chi connectivity index (χ0) is 35.2. The zero-order valence-corrected chi connectivity index (χ0v) is 31.7. The van der Waals surface area contributed by atoms with Gasteiger partial charge >= 0.3 is 5.97 Å². The van der Waals surface area contributed by atoms with Crippen LogP contribution in [0.15, 0.2) is 24.5 Å². The molecule has 9 atom stereocenters. The van der Waals surface area contributed by atoms with Crippen molar-refractivity contribution in [3.8, 4) is 0 Å². The van der Waals surface area contributed by atoms with Gasteiger partial charge in [-0.05, 0) is 124 Å². The third kappa shape index (κ3) is 5.42. The van der Waals surface area contributed by atoms with Crippen molar-refractivity contribution in [2.24, 2.45) is 45.8 Å². The number of carbonyl (C=O) groups is 1. The van der Waals surface area contributed by atoms with E-state index < -0.39 is 15.8 Å². The van der Waals surface area contributed by atoms with Crippen molar-refractivity contribution >= 4 is 21.8 Å². The van der Waals surface area contributed by atoms with Gasteiger partial charge in [0.1, 0.15) is 0 Å². The average molecular weight is 696 g/mol. The Morgan fingerprint density at radius 3 is 2.27 bits per heavy atom. The number of aromatic nitrogens is 2. The highest BCUT2D eigenvalue weighted by Crippen LogP contribution is 2.75. The van der Waals surface area contributed by atoms with E-state index in [2.05, 4.69) is 73.2 Å². The summed E-state index contributed by atoms with van der Waals surface area (Å²) in [6.07, 6.45) is 13.9. The smallest absolute Gasteiger partial charge is 0.338 e. The van der Waals surface area contributed by atoms with Gasteiger partial charge in [0, 0.05) is 56.2 Å². The maximum absolute atomic E-state index is 12.0. The second kappa shape index (κ2) is 12.0. The third-order valence-electron chi connectivity index (χ3n) is 16.2. The van der Waals surface area contributed by atoms with E-state index in [9.17, 15) is 18.3 Å². The number of aromatic carboxylic acids is 1. The van der Waals surface area contributed by atoms with E-state index in [1.807, 2.05) is 0 Å². The Labute approximate surface area is 295 Å². The molecular formula is C39H61N5O4S. The molecule has 4 aliphatic carbocycles. The van der Waals surface area contributed by atoms with E-state index in [1.165, 1.54) is 69.3 Å². The largest absolute Gasteiger partial charge is 0.478 e. The lowest BCUT2D eigenvalue weighted by Gasteiger charge is -2.73. The van der Waals surface area contributed by atoms with Gasteiger partial charge in [-0.25, -0.2) is 23.2 Å². The minimum atomic E-state index is -2.86. The van der Waals surface area contributed by atoms with Crippen LogP contribution in [0.4, 0.5) is 5.95 Å². The number of anilines is 1. The molecule has 2 saturated heterocycles. The fourth-order valence-electron chi connectivity index (χ4n) is 13.5. The van der Waals surface area contributed by atoms with E-state index in [0.29, 0.717) is 60.1 Å². The normalized spacial score (nSPS) is 42.7. The van der Waals surface area contributed by atoms with Crippen LogP contribution in [0.5, 0.6) is 0 Å². The summed E-state index contributed by atoms with van der Waals surface area (Å²) in [6, 6.07) is 0. The summed E-state index contributed by atoms with van der Waals surface area (Å²) >= 11 is 0. The Morgan fingerprint density at radius 2 is 1.61 bits per heavy atom. The first kappa shape index (κ1) is 35.4. The number of allylic oxidation sites excluding steroid dienone is 1. The van der Waals surface area contributed by atoms with Crippen LogP contribution in [0.1, 0.15) is 110 Å². The molecule has 10 heteroatoms. The fourth-order valence-corrected chi connectivity index (χ4v) is 14.8. The van der Waals surface area contributed by atoms with Crippen LogP contribution >= 0.6 is 0 Å². The Morgan fingerprint density at radius 1 is 0.918 bits per heavy atom. The molecule has 0 radical (unpaired) electrons. The van der Waals surface area contributed by atoms with Crippen molar-refractivity contribution in [1.29, 1.82) is 0 Å². The van der Waals surface area contributed by atoms with Gasteiger partial charge in [0.25, 0.3) is 0 Å². The van der Waals surface area contributed by atoms with Gasteiger partial charge in [0.05, 0.1) is 17.1 Å². The summed E-state index contributed by atoms with van der Waals surface area (Å²) in [7, 11) is -2.86. The van der Waals surface area contributed by atoms with Crippen molar-refractivity contribution in [2.45, 2.75) is 110 Å². The highest BCUT2D eigenvalue weighted by Gasteiger charge is 2.71. The molecule has 0 spiro atoms.